The van der Waals surface area contributed by atoms with Gasteiger partial charge in [-0.2, -0.15) is 0 Å². The first-order valence-electron chi connectivity index (χ1n) is 8.29. The van der Waals surface area contributed by atoms with Crippen LogP contribution in [0, 0.1) is 0 Å². The molecule has 120 valence electrons. The maximum Gasteiger partial charge on any atom is 0.246 e. The van der Waals surface area contributed by atoms with Crippen LogP contribution in [0.15, 0.2) is 18.2 Å². The van der Waals surface area contributed by atoms with Gasteiger partial charge in [0.05, 0.1) is 11.0 Å². The molecule has 2 fully saturated rings. The molecule has 6 nitrogen and oxygen atoms in total. The van der Waals surface area contributed by atoms with Crippen molar-refractivity contribution in [3.05, 3.63) is 24.0 Å². The maximum atomic E-state index is 12.2. The molecule has 1 aliphatic carbocycles. The minimum absolute atomic E-state index is 0.0598. The minimum Gasteiger partial charge on any atom is -0.344 e. The number of H-pyrrole nitrogens is 1. The van der Waals surface area contributed by atoms with Crippen LogP contribution < -0.4 is 10.6 Å². The van der Waals surface area contributed by atoms with Crippen LogP contribution in [-0.4, -0.2) is 27.8 Å². The number of amides is 2. The molecule has 1 saturated heterocycles. The quantitative estimate of drug-likeness (QED) is 0.813. The number of hydrogen-bond donors (Lipinski definition) is 3. The van der Waals surface area contributed by atoms with Crippen molar-refractivity contribution in [2.75, 3.05) is 5.32 Å². The molecule has 1 aromatic heterocycles. The fourth-order valence-corrected chi connectivity index (χ4v) is 3.54. The van der Waals surface area contributed by atoms with E-state index in [1.54, 1.807) is 0 Å². The van der Waals surface area contributed by atoms with E-state index in [1.807, 2.05) is 18.2 Å². The molecule has 4 rings (SSSR count). The van der Waals surface area contributed by atoms with E-state index in [2.05, 4.69) is 20.6 Å². The second kappa shape index (κ2) is 5.68. The number of nitrogens with zero attached hydrogens (tertiary/aromatic N) is 1. The first-order valence-corrected chi connectivity index (χ1v) is 8.29. The van der Waals surface area contributed by atoms with E-state index in [0.717, 1.165) is 22.5 Å². The molecule has 23 heavy (non-hydrogen) atoms. The van der Waals surface area contributed by atoms with Crippen LogP contribution in [0.3, 0.4) is 0 Å². The van der Waals surface area contributed by atoms with Gasteiger partial charge in [-0.15, -0.1) is 0 Å². The average molecular weight is 312 g/mol. The number of rotatable bonds is 3. The second-order valence-electron chi connectivity index (χ2n) is 6.48. The van der Waals surface area contributed by atoms with Gasteiger partial charge in [-0.25, -0.2) is 4.98 Å². The molecule has 0 radical (unpaired) electrons. The van der Waals surface area contributed by atoms with E-state index < -0.39 is 6.04 Å². The number of imidazole rings is 1. The molecule has 0 bridgehead atoms. The van der Waals surface area contributed by atoms with Gasteiger partial charge in [0.15, 0.2) is 0 Å². The summed E-state index contributed by atoms with van der Waals surface area (Å²) in [7, 11) is 0. The van der Waals surface area contributed by atoms with Gasteiger partial charge in [-0.05, 0) is 37.5 Å². The zero-order chi connectivity index (χ0) is 15.8. The van der Waals surface area contributed by atoms with E-state index in [9.17, 15) is 9.59 Å². The standard InChI is InChI=1S/C17H20N4O2/c22-15-8-7-13(19-15)17(23)18-11-5-6-12-14(9-11)21-16(20-12)10-3-1-2-4-10/h5-6,9-10,13H,1-4,7-8H2,(H,18,23)(H,19,22)(H,20,21). The van der Waals surface area contributed by atoms with Gasteiger partial charge in [-0.1, -0.05) is 12.8 Å². The van der Waals surface area contributed by atoms with Crippen LogP contribution >= 0.6 is 0 Å². The summed E-state index contributed by atoms with van der Waals surface area (Å²) in [4.78, 5) is 31.4. The molecular weight excluding hydrogens is 292 g/mol. The van der Waals surface area contributed by atoms with E-state index in [1.165, 1.54) is 25.7 Å². The fourth-order valence-electron chi connectivity index (χ4n) is 3.54. The largest absolute Gasteiger partial charge is 0.344 e. The number of aromatic amines is 1. The number of fused-ring (bicyclic) bond motifs is 1. The highest BCUT2D eigenvalue weighted by Gasteiger charge is 2.27. The Bertz CT molecular complexity index is 761. The number of aromatic nitrogens is 2. The minimum atomic E-state index is -0.422. The molecule has 1 saturated carbocycles. The third-order valence-corrected chi connectivity index (χ3v) is 4.82. The molecule has 1 aliphatic heterocycles. The van der Waals surface area contributed by atoms with Crippen LogP contribution in [0.4, 0.5) is 5.69 Å². The molecule has 2 aliphatic rings. The molecular formula is C17H20N4O2. The Morgan fingerprint density at radius 1 is 1.22 bits per heavy atom. The summed E-state index contributed by atoms with van der Waals surface area (Å²) >= 11 is 0. The molecule has 1 aromatic carbocycles. The van der Waals surface area contributed by atoms with Gasteiger partial charge >= 0.3 is 0 Å². The maximum absolute atomic E-state index is 12.2. The summed E-state index contributed by atoms with van der Waals surface area (Å²) in [6.45, 7) is 0. The van der Waals surface area contributed by atoms with Gasteiger partial charge in [0.25, 0.3) is 0 Å². The average Bonchev–Trinajstić information content (AvgIpc) is 3.26. The summed E-state index contributed by atoms with van der Waals surface area (Å²) in [5.74, 6) is 1.37. The van der Waals surface area contributed by atoms with Crippen molar-refractivity contribution < 1.29 is 9.59 Å². The van der Waals surface area contributed by atoms with Crippen molar-refractivity contribution in [2.24, 2.45) is 0 Å². The monoisotopic (exact) mass is 312 g/mol. The van der Waals surface area contributed by atoms with Crippen LogP contribution in [0.1, 0.15) is 50.3 Å². The van der Waals surface area contributed by atoms with Crippen molar-refractivity contribution in [3.63, 3.8) is 0 Å². The lowest BCUT2D eigenvalue weighted by atomic mass is 10.1. The first kappa shape index (κ1) is 14.2. The first-order chi connectivity index (χ1) is 11.2. The molecule has 1 atom stereocenters. The lowest BCUT2D eigenvalue weighted by Crippen LogP contribution is -2.37. The van der Waals surface area contributed by atoms with Gasteiger partial charge in [0.1, 0.15) is 11.9 Å². The number of hydrogen-bond acceptors (Lipinski definition) is 3. The highest BCUT2D eigenvalue weighted by Crippen LogP contribution is 2.33. The molecule has 3 N–H and O–H groups in total. The number of carbonyl (C=O) groups is 2. The van der Waals surface area contributed by atoms with Crippen LogP contribution in [0.25, 0.3) is 11.0 Å². The van der Waals surface area contributed by atoms with E-state index in [-0.39, 0.29) is 11.8 Å². The van der Waals surface area contributed by atoms with Crippen molar-refractivity contribution in [1.82, 2.24) is 15.3 Å². The lowest BCUT2D eigenvalue weighted by Gasteiger charge is -2.10. The van der Waals surface area contributed by atoms with Crippen molar-refractivity contribution in [3.8, 4) is 0 Å². The molecule has 6 heteroatoms. The summed E-state index contributed by atoms with van der Waals surface area (Å²) in [6, 6.07) is 5.27. The Kier molecular flexibility index (Phi) is 3.52. The molecule has 2 aromatic rings. The Morgan fingerprint density at radius 3 is 2.78 bits per heavy atom. The highest BCUT2D eigenvalue weighted by atomic mass is 16.2. The molecule has 1 unspecified atom stereocenters. The fraction of sp³-hybridized carbons (Fsp3) is 0.471. The van der Waals surface area contributed by atoms with Crippen molar-refractivity contribution >= 4 is 28.5 Å². The second-order valence-corrected chi connectivity index (χ2v) is 6.48. The predicted octanol–water partition coefficient (Wildman–Crippen LogP) is 2.44. The summed E-state index contributed by atoms with van der Waals surface area (Å²) in [5.41, 5.74) is 2.60. The summed E-state index contributed by atoms with van der Waals surface area (Å²) in [6.07, 6.45) is 5.92. The third kappa shape index (κ3) is 2.81. The number of benzene rings is 1. The summed E-state index contributed by atoms with van der Waals surface area (Å²) < 4.78 is 0. The SMILES string of the molecule is O=C1CCC(C(=O)Nc2ccc3nc(C4CCCC4)[nH]c3c2)N1. The Labute approximate surface area is 134 Å². The van der Waals surface area contributed by atoms with Gasteiger partial charge in [0.2, 0.25) is 11.8 Å². The highest BCUT2D eigenvalue weighted by molar-refractivity contribution is 5.99. The predicted molar refractivity (Wildman–Crippen MR) is 87.1 cm³/mol. The van der Waals surface area contributed by atoms with Crippen LogP contribution in [-0.2, 0) is 9.59 Å². The summed E-state index contributed by atoms with van der Waals surface area (Å²) in [5, 5.41) is 5.56. The van der Waals surface area contributed by atoms with Gasteiger partial charge in [-0.3, -0.25) is 9.59 Å². The Hall–Kier alpha value is -2.37. The smallest absolute Gasteiger partial charge is 0.246 e. The van der Waals surface area contributed by atoms with E-state index in [0.29, 0.717) is 18.8 Å². The van der Waals surface area contributed by atoms with Crippen molar-refractivity contribution in [2.45, 2.75) is 50.5 Å². The lowest BCUT2D eigenvalue weighted by molar-refractivity contribution is -0.122. The van der Waals surface area contributed by atoms with Crippen LogP contribution in [0.5, 0.6) is 0 Å². The zero-order valence-electron chi connectivity index (χ0n) is 12.9. The Balaban J connectivity index is 1.51. The number of nitrogens with one attached hydrogen (secondary N) is 3. The van der Waals surface area contributed by atoms with Gasteiger partial charge < -0.3 is 15.6 Å². The third-order valence-electron chi connectivity index (χ3n) is 4.82. The molecule has 2 heterocycles. The van der Waals surface area contributed by atoms with E-state index in [4.69, 9.17) is 0 Å². The molecule has 2 amide bonds. The normalized spacial score (nSPS) is 21.7. The Morgan fingerprint density at radius 2 is 2.04 bits per heavy atom. The zero-order valence-corrected chi connectivity index (χ0v) is 12.9. The molecule has 0 spiro atoms. The van der Waals surface area contributed by atoms with Gasteiger partial charge in [0, 0.05) is 18.0 Å². The van der Waals surface area contributed by atoms with E-state index >= 15 is 0 Å². The number of carbonyl (C=O) groups excluding carboxylic acids is 2. The van der Waals surface area contributed by atoms with Crippen LogP contribution in [0.2, 0.25) is 0 Å². The van der Waals surface area contributed by atoms with Crippen molar-refractivity contribution in [1.29, 1.82) is 0 Å². The topological polar surface area (TPSA) is 86.9 Å². The number of anilines is 1.